The quantitative estimate of drug-likeness (QED) is 0.370. The van der Waals surface area contributed by atoms with Crippen LogP contribution < -0.4 is 5.73 Å². The molecular formula is C17H15ClF3N5S. The standard InChI is InChI=1S/C17H15ClF3N5S/c1-3-27-15(11-5-4-10(18)7-12(11)22)25-16-24-13-6-9(17(19,20)21)8-23-14(13)26(16)2/h4-8H,3,22H2,1-2H3. The molecule has 2 aromatic heterocycles. The first-order valence-electron chi connectivity index (χ1n) is 7.87. The van der Waals surface area contributed by atoms with Gasteiger partial charge in [-0.25, -0.2) is 15.0 Å². The number of hydrogen-bond acceptors (Lipinski definition) is 5. The molecule has 2 heterocycles. The van der Waals surface area contributed by atoms with E-state index in [0.717, 1.165) is 18.0 Å². The number of pyridine rings is 1. The molecule has 0 amide bonds. The number of aliphatic imine (C=N–C) groups is 1. The molecule has 10 heteroatoms. The molecule has 0 spiro atoms. The number of nitrogen functional groups attached to an aromatic ring is 1. The molecule has 0 bridgehead atoms. The summed E-state index contributed by atoms with van der Waals surface area (Å²) >= 11 is 7.39. The Morgan fingerprint density at radius 3 is 2.70 bits per heavy atom. The molecule has 5 nitrogen and oxygen atoms in total. The lowest BCUT2D eigenvalue weighted by Crippen LogP contribution is -2.05. The van der Waals surface area contributed by atoms with Gasteiger partial charge in [0.1, 0.15) is 10.6 Å². The first-order valence-corrected chi connectivity index (χ1v) is 9.23. The van der Waals surface area contributed by atoms with Crippen LogP contribution >= 0.6 is 23.4 Å². The van der Waals surface area contributed by atoms with E-state index in [2.05, 4.69) is 15.0 Å². The van der Waals surface area contributed by atoms with Crippen LogP contribution in [0, 0.1) is 0 Å². The molecule has 0 aliphatic heterocycles. The Morgan fingerprint density at radius 1 is 1.33 bits per heavy atom. The van der Waals surface area contributed by atoms with E-state index < -0.39 is 11.7 Å². The molecule has 0 saturated heterocycles. The maximum Gasteiger partial charge on any atom is 0.417 e. The highest BCUT2D eigenvalue weighted by Gasteiger charge is 2.31. The van der Waals surface area contributed by atoms with E-state index in [1.807, 2.05) is 6.92 Å². The first-order chi connectivity index (χ1) is 12.7. The van der Waals surface area contributed by atoms with Crippen LogP contribution in [0.25, 0.3) is 11.2 Å². The Balaban J connectivity index is 2.12. The van der Waals surface area contributed by atoms with E-state index in [4.69, 9.17) is 17.3 Å². The molecule has 0 atom stereocenters. The Bertz CT molecular complexity index is 1030. The van der Waals surface area contributed by atoms with E-state index in [-0.39, 0.29) is 11.5 Å². The third kappa shape index (κ3) is 4.03. The molecule has 0 unspecified atom stereocenters. The summed E-state index contributed by atoms with van der Waals surface area (Å²) in [6.45, 7) is 1.96. The van der Waals surface area contributed by atoms with Gasteiger partial charge in [0.05, 0.1) is 5.56 Å². The summed E-state index contributed by atoms with van der Waals surface area (Å²) in [5.41, 5.74) is 6.76. The topological polar surface area (TPSA) is 69.1 Å². The van der Waals surface area contributed by atoms with Gasteiger partial charge in [0.15, 0.2) is 5.65 Å². The number of nitrogens with zero attached hydrogens (tertiary/aromatic N) is 4. The number of aromatic nitrogens is 3. The lowest BCUT2D eigenvalue weighted by atomic mass is 10.2. The minimum absolute atomic E-state index is 0.121. The normalized spacial score (nSPS) is 12.7. The minimum Gasteiger partial charge on any atom is -0.398 e. The van der Waals surface area contributed by atoms with Gasteiger partial charge < -0.3 is 5.73 Å². The van der Waals surface area contributed by atoms with E-state index in [1.165, 1.54) is 16.3 Å². The average Bonchev–Trinajstić information content (AvgIpc) is 2.89. The van der Waals surface area contributed by atoms with Gasteiger partial charge in [0.2, 0.25) is 5.95 Å². The molecule has 0 radical (unpaired) electrons. The van der Waals surface area contributed by atoms with E-state index in [1.54, 1.807) is 25.2 Å². The molecule has 3 aromatic rings. The smallest absolute Gasteiger partial charge is 0.398 e. The fourth-order valence-electron chi connectivity index (χ4n) is 2.45. The van der Waals surface area contributed by atoms with Crippen LogP contribution in [0.2, 0.25) is 5.02 Å². The summed E-state index contributed by atoms with van der Waals surface area (Å²) in [7, 11) is 1.65. The molecule has 1 aromatic carbocycles. The monoisotopic (exact) mass is 413 g/mol. The maximum atomic E-state index is 12.9. The van der Waals surface area contributed by atoms with Crippen LogP contribution in [0.3, 0.4) is 0 Å². The number of halogens is 4. The third-order valence-electron chi connectivity index (χ3n) is 3.74. The molecular weight excluding hydrogens is 399 g/mol. The van der Waals surface area contributed by atoms with Crippen molar-refractivity contribution in [2.45, 2.75) is 13.1 Å². The molecule has 0 saturated carbocycles. The first kappa shape index (κ1) is 19.5. The molecule has 0 aliphatic carbocycles. The van der Waals surface area contributed by atoms with Crippen molar-refractivity contribution in [3.8, 4) is 0 Å². The van der Waals surface area contributed by atoms with Crippen molar-refractivity contribution in [3.05, 3.63) is 46.6 Å². The van der Waals surface area contributed by atoms with Gasteiger partial charge in [-0.15, -0.1) is 11.8 Å². The number of aryl methyl sites for hydroxylation is 1. The maximum absolute atomic E-state index is 12.9. The molecule has 2 N–H and O–H groups in total. The lowest BCUT2D eigenvalue weighted by Gasteiger charge is -2.08. The second kappa shape index (κ2) is 7.40. The van der Waals surface area contributed by atoms with Crippen LogP contribution in [0.5, 0.6) is 0 Å². The Kier molecular flexibility index (Phi) is 5.34. The Morgan fingerprint density at radius 2 is 2.07 bits per heavy atom. The number of benzene rings is 1. The van der Waals surface area contributed by atoms with Crippen LogP contribution in [0.15, 0.2) is 35.5 Å². The van der Waals surface area contributed by atoms with Gasteiger partial charge in [0, 0.05) is 29.5 Å². The fraction of sp³-hybridized carbons (Fsp3) is 0.235. The van der Waals surface area contributed by atoms with Crippen LogP contribution in [-0.2, 0) is 13.2 Å². The van der Waals surface area contributed by atoms with Crippen molar-refractivity contribution < 1.29 is 13.2 Å². The van der Waals surface area contributed by atoms with Gasteiger partial charge in [-0.1, -0.05) is 18.5 Å². The number of nitrogens with two attached hydrogens (primary N) is 1. The number of anilines is 1. The average molecular weight is 414 g/mol. The Labute approximate surface area is 162 Å². The van der Waals surface area contributed by atoms with Crippen molar-refractivity contribution in [2.75, 3.05) is 11.5 Å². The SMILES string of the molecule is CCSC(=Nc1nc2cc(C(F)(F)F)cnc2n1C)c1ccc(Cl)cc1N. The van der Waals surface area contributed by atoms with E-state index in [0.29, 0.717) is 27.0 Å². The van der Waals surface area contributed by atoms with Crippen molar-refractivity contribution in [1.82, 2.24) is 14.5 Å². The largest absolute Gasteiger partial charge is 0.417 e. The van der Waals surface area contributed by atoms with Gasteiger partial charge in [-0.05, 0) is 30.0 Å². The second-order valence-corrected chi connectivity index (χ2v) is 7.31. The number of hydrogen-bond donors (Lipinski definition) is 1. The lowest BCUT2D eigenvalue weighted by molar-refractivity contribution is -0.137. The van der Waals surface area contributed by atoms with Crippen LogP contribution in [-0.4, -0.2) is 25.3 Å². The van der Waals surface area contributed by atoms with Crippen molar-refractivity contribution in [2.24, 2.45) is 12.0 Å². The predicted molar refractivity (Wildman–Crippen MR) is 104 cm³/mol. The summed E-state index contributed by atoms with van der Waals surface area (Å²) in [4.78, 5) is 12.6. The van der Waals surface area contributed by atoms with Crippen LogP contribution in [0.4, 0.5) is 24.8 Å². The summed E-state index contributed by atoms with van der Waals surface area (Å²) < 4.78 is 40.2. The van der Waals surface area contributed by atoms with Crippen molar-refractivity contribution in [3.63, 3.8) is 0 Å². The molecule has 27 heavy (non-hydrogen) atoms. The number of fused-ring (bicyclic) bond motifs is 1. The molecule has 3 rings (SSSR count). The van der Waals surface area contributed by atoms with E-state index in [9.17, 15) is 13.2 Å². The molecule has 0 fully saturated rings. The number of imidazole rings is 1. The van der Waals surface area contributed by atoms with Crippen LogP contribution in [0.1, 0.15) is 18.1 Å². The van der Waals surface area contributed by atoms with Gasteiger partial charge in [0.25, 0.3) is 0 Å². The van der Waals surface area contributed by atoms with Gasteiger partial charge in [-0.2, -0.15) is 13.2 Å². The highest BCUT2D eigenvalue weighted by atomic mass is 35.5. The zero-order chi connectivity index (χ0) is 19.8. The summed E-state index contributed by atoms with van der Waals surface area (Å²) in [6, 6.07) is 6.03. The van der Waals surface area contributed by atoms with Crippen molar-refractivity contribution in [1.29, 1.82) is 0 Å². The Hall–Kier alpha value is -2.26. The minimum atomic E-state index is -4.48. The van der Waals surface area contributed by atoms with Gasteiger partial charge in [-0.3, -0.25) is 4.57 Å². The summed E-state index contributed by atoms with van der Waals surface area (Å²) in [5.74, 6) is 0.962. The summed E-state index contributed by atoms with van der Waals surface area (Å²) in [5, 5.41) is 1.10. The number of rotatable bonds is 3. The highest BCUT2D eigenvalue weighted by Crippen LogP contribution is 2.32. The predicted octanol–water partition coefficient (Wildman–Crippen LogP) is 5.05. The zero-order valence-electron chi connectivity index (χ0n) is 14.4. The van der Waals surface area contributed by atoms with Gasteiger partial charge >= 0.3 is 6.18 Å². The molecule has 0 aliphatic rings. The number of alkyl halides is 3. The summed E-state index contributed by atoms with van der Waals surface area (Å²) in [6.07, 6.45) is -3.69. The van der Waals surface area contributed by atoms with E-state index >= 15 is 0 Å². The fourth-order valence-corrected chi connectivity index (χ4v) is 3.39. The second-order valence-electron chi connectivity index (χ2n) is 5.62. The highest BCUT2D eigenvalue weighted by molar-refractivity contribution is 8.14. The van der Waals surface area contributed by atoms with Crippen molar-refractivity contribution >= 4 is 51.2 Å². The zero-order valence-corrected chi connectivity index (χ0v) is 16.0. The number of thioether (sulfide) groups is 1. The third-order valence-corrected chi connectivity index (χ3v) is 4.85. The molecule has 142 valence electrons.